The van der Waals surface area contributed by atoms with Crippen LogP contribution in [0.25, 0.3) is 0 Å². The molecule has 3 unspecified atom stereocenters. The summed E-state index contributed by atoms with van der Waals surface area (Å²) in [6.07, 6.45) is 8.82. The van der Waals surface area contributed by atoms with Crippen molar-refractivity contribution in [1.29, 1.82) is 0 Å². The Hall–Kier alpha value is -0.0400. The largest absolute Gasteiger partial charge is 0.327 e. The molecule has 4 fully saturated rings. The van der Waals surface area contributed by atoms with Crippen LogP contribution in [0.1, 0.15) is 59.3 Å². The molecule has 4 rings (SSSR count). The Morgan fingerprint density at radius 3 is 2.06 bits per heavy atom. The van der Waals surface area contributed by atoms with Gasteiger partial charge in [-0.3, -0.25) is 0 Å². The van der Waals surface area contributed by atoms with Crippen molar-refractivity contribution in [3.8, 4) is 0 Å². The maximum atomic E-state index is 6.57. The zero-order valence-electron chi connectivity index (χ0n) is 11.1. The molecule has 0 amide bonds. The lowest BCUT2D eigenvalue weighted by atomic mass is 9.42. The molecular weight excluding hydrogens is 194 g/mol. The number of hydrogen-bond donors (Lipinski definition) is 1. The van der Waals surface area contributed by atoms with E-state index in [9.17, 15) is 0 Å². The summed E-state index contributed by atoms with van der Waals surface area (Å²) in [6.45, 7) is 7.16. The van der Waals surface area contributed by atoms with E-state index in [1.807, 2.05) is 0 Å². The highest BCUT2D eigenvalue weighted by Crippen LogP contribution is 2.66. The van der Waals surface area contributed by atoms with Gasteiger partial charge in [0.25, 0.3) is 0 Å². The van der Waals surface area contributed by atoms with Gasteiger partial charge in [0.15, 0.2) is 0 Å². The van der Waals surface area contributed by atoms with E-state index >= 15 is 0 Å². The summed E-state index contributed by atoms with van der Waals surface area (Å²) in [5.74, 6) is 2.67. The van der Waals surface area contributed by atoms with Gasteiger partial charge < -0.3 is 5.73 Å². The first-order valence-electron chi connectivity index (χ1n) is 7.18. The minimum atomic E-state index is 0.442. The van der Waals surface area contributed by atoms with Gasteiger partial charge in [0.1, 0.15) is 0 Å². The summed E-state index contributed by atoms with van der Waals surface area (Å²) in [7, 11) is 0. The van der Waals surface area contributed by atoms with Crippen molar-refractivity contribution in [3.63, 3.8) is 0 Å². The summed E-state index contributed by atoms with van der Waals surface area (Å²) in [6, 6.07) is 0.442. The molecule has 0 radical (unpaired) electrons. The first-order valence-corrected chi connectivity index (χ1v) is 7.18. The van der Waals surface area contributed by atoms with Crippen LogP contribution in [-0.4, -0.2) is 6.04 Å². The third-order valence-corrected chi connectivity index (χ3v) is 5.82. The molecule has 0 heterocycles. The molecule has 4 aliphatic rings. The van der Waals surface area contributed by atoms with E-state index in [0.29, 0.717) is 22.8 Å². The molecule has 4 aliphatic carbocycles. The second-order valence-electron chi connectivity index (χ2n) is 7.90. The number of hydrogen-bond acceptors (Lipinski definition) is 1. The van der Waals surface area contributed by atoms with Gasteiger partial charge in [-0.15, -0.1) is 0 Å². The molecular formula is C15H27N. The fourth-order valence-electron chi connectivity index (χ4n) is 5.90. The molecule has 0 aromatic heterocycles. The number of nitrogens with two attached hydrogens (primary N) is 1. The Balaban J connectivity index is 1.92. The normalized spacial score (nSPS) is 52.3. The van der Waals surface area contributed by atoms with Gasteiger partial charge in [0.05, 0.1) is 0 Å². The molecule has 0 aromatic carbocycles. The third-order valence-electron chi connectivity index (χ3n) is 5.82. The number of rotatable bonds is 2. The molecule has 2 N–H and O–H groups in total. The molecule has 0 aliphatic heterocycles. The van der Waals surface area contributed by atoms with E-state index in [1.54, 1.807) is 0 Å². The highest BCUT2D eigenvalue weighted by atomic mass is 14.8. The van der Waals surface area contributed by atoms with E-state index in [2.05, 4.69) is 20.8 Å². The predicted octanol–water partition coefficient (Wildman–Crippen LogP) is 3.58. The topological polar surface area (TPSA) is 26.0 Å². The van der Waals surface area contributed by atoms with Crippen molar-refractivity contribution in [2.45, 2.75) is 65.3 Å². The lowest BCUT2D eigenvalue weighted by Gasteiger charge is -2.63. The Kier molecular flexibility index (Phi) is 2.25. The molecule has 16 heavy (non-hydrogen) atoms. The highest BCUT2D eigenvalue weighted by Gasteiger charge is 2.57. The fourth-order valence-corrected chi connectivity index (χ4v) is 5.90. The van der Waals surface area contributed by atoms with E-state index in [0.717, 1.165) is 11.8 Å². The van der Waals surface area contributed by atoms with Crippen molar-refractivity contribution in [3.05, 3.63) is 0 Å². The smallest absolute Gasteiger partial charge is 0.0119 e. The van der Waals surface area contributed by atoms with Crippen molar-refractivity contribution < 1.29 is 0 Å². The van der Waals surface area contributed by atoms with Crippen molar-refractivity contribution in [2.24, 2.45) is 34.3 Å². The average Bonchev–Trinajstić information content (AvgIpc) is 2.12. The van der Waals surface area contributed by atoms with Crippen molar-refractivity contribution in [2.75, 3.05) is 0 Å². The third kappa shape index (κ3) is 1.47. The van der Waals surface area contributed by atoms with Crippen LogP contribution >= 0.6 is 0 Å². The summed E-state index contributed by atoms with van der Waals surface area (Å²) < 4.78 is 0. The van der Waals surface area contributed by atoms with Crippen LogP contribution < -0.4 is 5.73 Å². The van der Waals surface area contributed by atoms with E-state index in [1.165, 1.54) is 38.5 Å². The van der Waals surface area contributed by atoms with Crippen LogP contribution in [0.2, 0.25) is 0 Å². The molecule has 0 saturated heterocycles. The zero-order chi connectivity index (χ0) is 11.6. The van der Waals surface area contributed by atoms with Crippen LogP contribution in [0.3, 0.4) is 0 Å². The van der Waals surface area contributed by atoms with Crippen LogP contribution in [0.15, 0.2) is 0 Å². The maximum absolute atomic E-state index is 6.57. The zero-order valence-corrected chi connectivity index (χ0v) is 11.1. The maximum Gasteiger partial charge on any atom is 0.0119 e. The fraction of sp³-hybridized carbons (Fsp3) is 1.00. The minimum absolute atomic E-state index is 0.442. The van der Waals surface area contributed by atoms with E-state index < -0.39 is 0 Å². The van der Waals surface area contributed by atoms with Gasteiger partial charge >= 0.3 is 0 Å². The van der Waals surface area contributed by atoms with Gasteiger partial charge in [-0.1, -0.05) is 20.8 Å². The lowest BCUT2D eigenvalue weighted by molar-refractivity contribution is -0.118. The summed E-state index contributed by atoms with van der Waals surface area (Å²) in [5, 5.41) is 0. The molecule has 0 spiro atoms. The van der Waals surface area contributed by atoms with Crippen LogP contribution in [0, 0.1) is 28.6 Å². The van der Waals surface area contributed by atoms with Crippen LogP contribution in [-0.2, 0) is 0 Å². The first kappa shape index (κ1) is 11.1. The summed E-state index contributed by atoms with van der Waals surface area (Å²) >= 11 is 0. The molecule has 4 bridgehead atoms. The lowest BCUT2D eigenvalue weighted by Crippen LogP contribution is -2.58. The highest BCUT2D eigenvalue weighted by molar-refractivity contribution is 5.09. The standard InChI is InChI=1S/C15H27N/c1-10(2)13(16)15-7-11-4-12(8-15)6-14(3,5-11)9-15/h10-13H,4-9,16H2,1-3H3. The second kappa shape index (κ2) is 3.25. The Labute approximate surface area is 100 Å². The van der Waals surface area contributed by atoms with Crippen LogP contribution in [0.4, 0.5) is 0 Å². The van der Waals surface area contributed by atoms with Gasteiger partial charge in [-0.05, 0) is 67.1 Å². The molecule has 1 nitrogen and oxygen atoms in total. The van der Waals surface area contributed by atoms with E-state index in [4.69, 9.17) is 5.73 Å². The summed E-state index contributed by atoms with van der Waals surface area (Å²) in [5.41, 5.74) is 7.74. The van der Waals surface area contributed by atoms with Crippen LogP contribution in [0.5, 0.6) is 0 Å². The Morgan fingerprint density at radius 1 is 1.06 bits per heavy atom. The van der Waals surface area contributed by atoms with Gasteiger partial charge in [-0.2, -0.15) is 0 Å². The Bertz CT molecular complexity index is 280. The first-order chi connectivity index (χ1) is 7.42. The predicted molar refractivity (Wildman–Crippen MR) is 68.0 cm³/mol. The molecule has 0 aromatic rings. The summed E-state index contributed by atoms with van der Waals surface area (Å²) in [4.78, 5) is 0. The molecule has 3 atom stereocenters. The Morgan fingerprint density at radius 2 is 1.62 bits per heavy atom. The minimum Gasteiger partial charge on any atom is -0.327 e. The quantitative estimate of drug-likeness (QED) is 0.758. The molecule has 1 heteroatoms. The van der Waals surface area contributed by atoms with Gasteiger partial charge in [0.2, 0.25) is 0 Å². The van der Waals surface area contributed by atoms with Gasteiger partial charge in [-0.25, -0.2) is 0 Å². The van der Waals surface area contributed by atoms with Crippen molar-refractivity contribution in [1.82, 2.24) is 0 Å². The average molecular weight is 221 g/mol. The van der Waals surface area contributed by atoms with Gasteiger partial charge in [0, 0.05) is 6.04 Å². The molecule has 92 valence electrons. The van der Waals surface area contributed by atoms with E-state index in [-0.39, 0.29) is 0 Å². The van der Waals surface area contributed by atoms with Crippen molar-refractivity contribution >= 4 is 0 Å². The molecule has 4 saturated carbocycles. The second-order valence-corrected chi connectivity index (χ2v) is 7.90. The SMILES string of the molecule is CC(C)C(N)C12CC3CC(CC(C)(C3)C1)C2. The monoisotopic (exact) mass is 221 g/mol.